The van der Waals surface area contributed by atoms with Gasteiger partial charge in [0.05, 0.1) is 87.6 Å². The second-order valence-electron chi connectivity index (χ2n) is 8.87. The number of benzene rings is 2. The van der Waals surface area contributed by atoms with Crippen molar-refractivity contribution in [1.29, 1.82) is 0 Å². The largest absolute Gasteiger partial charge is 1.00 e. The summed E-state index contributed by atoms with van der Waals surface area (Å²) in [5, 5.41) is 49.5. The number of carboxylic acids is 1. The average Bonchev–Trinajstić information content (AvgIpc) is 3.05. The van der Waals surface area contributed by atoms with Crippen LogP contribution in [0.5, 0.6) is 0 Å². The molecule has 0 fully saturated rings. The van der Waals surface area contributed by atoms with Crippen molar-refractivity contribution in [3.8, 4) is 5.95 Å². The number of nitrogens with two attached hydrogens (primary N) is 1. The molecule has 55 heavy (non-hydrogen) atoms. The summed E-state index contributed by atoms with van der Waals surface area (Å²) in [4.78, 5) is 22.0. The number of aromatic nitrogens is 4. The first kappa shape index (κ1) is 56.9. The molecule has 22 nitrogen and oxygen atoms in total. The van der Waals surface area contributed by atoms with E-state index in [9.17, 15) is 46.2 Å². The maximum absolute atomic E-state index is 14.5. The van der Waals surface area contributed by atoms with Gasteiger partial charge in [-0.3, -0.25) is 14.3 Å². The third kappa shape index (κ3) is 17.9. The van der Waals surface area contributed by atoms with Crippen LogP contribution in [-0.4, -0.2) is 54.7 Å². The molecule has 274 valence electrons. The van der Waals surface area contributed by atoms with Gasteiger partial charge in [0.15, 0.2) is 9.84 Å². The fourth-order valence-electron chi connectivity index (χ4n) is 3.60. The number of carbonyl (C=O) groups is 1. The number of sulfone groups is 1. The van der Waals surface area contributed by atoms with Crippen LogP contribution in [0, 0.1) is 18.5 Å². The number of anilines is 3. The number of nitrogens with one attached hydrogen (secondary N) is 1. The molecule has 0 unspecified atom stereocenters. The van der Waals surface area contributed by atoms with Crippen molar-refractivity contribution in [3.05, 3.63) is 66.5 Å². The number of carboxylic acid groups (broad SMARTS) is 1. The molecule has 32 heteroatoms. The van der Waals surface area contributed by atoms with Crippen molar-refractivity contribution >= 4 is 79.0 Å². The fourth-order valence-corrected chi connectivity index (χ4v) is 5.93. The molecule has 2 aromatic carbocycles. The molecule has 3 N–H and O–H groups in total. The number of aromatic carboxylic acids is 1. The summed E-state index contributed by atoms with van der Waals surface area (Å²) in [6.45, 7) is -0.995. The Morgan fingerprint density at radius 3 is 2.18 bits per heavy atom. The first-order valence-corrected chi connectivity index (χ1v) is 17.2. The molecule has 0 radical (unpaired) electrons. The molecule has 0 bridgehead atoms. The number of nitrogen functional groups attached to an aromatic ring is 1. The van der Waals surface area contributed by atoms with Crippen LogP contribution in [0.4, 0.5) is 33.1 Å². The monoisotopic (exact) mass is 904 g/mol. The summed E-state index contributed by atoms with van der Waals surface area (Å²) in [5.74, 6) is -3.29. The Bertz CT molecular complexity index is 2160. The van der Waals surface area contributed by atoms with Crippen molar-refractivity contribution in [2.75, 3.05) is 23.4 Å². The van der Waals surface area contributed by atoms with E-state index in [4.69, 9.17) is 5.73 Å². The zero-order valence-electron chi connectivity index (χ0n) is 28.5. The molecule has 0 atom stereocenters. The first-order valence-electron chi connectivity index (χ1n) is 12.7. The van der Waals surface area contributed by atoms with Crippen LogP contribution in [0.15, 0.2) is 79.8 Å². The molecule has 0 amide bonds. The quantitative estimate of drug-likeness (QED) is 0.0114. The molecule has 0 aliphatic heterocycles. The summed E-state index contributed by atoms with van der Waals surface area (Å²) in [5.41, 5.74) is 5.16. The average molecular weight is 905 g/mol. The van der Waals surface area contributed by atoms with Crippen LogP contribution in [0.25, 0.3) is 5.95 Å². The van der Waals surface area contributed by atoms with E-state index in [2.05, 4.69) is 53.4 Å². The number of carbonyl (C=O) groups excluding carboxylic acids is 1. The zero-order valence-corrected chi connectivity index (χ0v) is 40.7. The van der Waals surface area contributed by atoms with Crippen molar-refractivity contribution in [2.24, 2.45) is 10.2 Å². The van der Waals surface area contributed by atoms with E-state index in [0.717, 1.165) is 29.0 Å². The predicted octanol–water partition coefficient (Wildman–Crippen LogP) is -13.4. The zero-order chi connectivity index (χ0) is 36.5. The third-order valence-electron chi connectivity index (χ3n) is 5.68. The molecule has 0 aliphatic carbocycles. The minimum Gasteiger partial charge on any atom is -0.726 e. The van der Waals surface area contributed by atoms with Crippen LogP contribution in [-0.2, 0) is 43.2 Å². The van der Waals surface area contributed by atoms with Gasteiger partial charge in [0.25, 0.3) is 0 Å². The maximum atomic E-state index is 14.5. The predicted molar refractivity (Wildman–Crippen MR) is 157 cm³/mol. The third-order valence-corrected chi connectivity index (χ3v) is 9.11. The van der Waals surface area contributed by atoms with E-state index in [1.54, 1.807) is 0 Å². The standard InChI is InChI=1S/C23H19FN8O14S4.ClH2.4Na/c24-21-27-22(29-23(28-21)32-5-1-2-12(11-32)20(33)34)26-15-9-14(25)19(48-46-44-36)10-16(15)30-31-17-8-13(3-4-18(17)47-45-43-35)49(37,38)7-6-42-50(39,40)41;;;;;/h1-5,8-11H,6-7,25H2,(H4-,26,27,28,29,33,34,35,36,39,40,41);1H2;;;;/q;5*+1/p-3. The van der Waals surface area contributed by atoms with Crippen molar-refractivity contribution < 1.29 is 204 Å². The van der Waals surface area contributed by atoms with Crippen LogP contribution in [0.3, 0.4) is 0 Å². The van der Waals surface area contributed by atoms with Crippen LogP contribution < -0.4 is 149 Å². The van der Waals surface area contributed by atoms with Crippen LogP contribution >= 0.6 is 24.1 Å². The van der Waals surface area contributed by atoms with Gasteiger partial charge in [-0.15, -0.1) is 19.6 Å². The van der Waals surface area contributed by atoms with Gasteiger partial charge < -0.3 is 36.0 Å². The van der Waals surface area contributed by atoms with Crippen LogP contribution in [0.1, 0.15) is 10.4 Å². The van der Waals surface area contributed by atoms with Gasteiger partial charge in [-0.2, -0.15) is 8.67 Å². The molecular weight excluding hydrogens is 887 g/mol. The number of azo groups is 1. The molecule has 0 saturated carbocycles. The van der Waals surface area contributed by atoms with E-state index in [0.29, 0.717) is 24.1 Å². The SMILES string of the molecule is Nc1cc(Nc2nc(F)nc(-[n+]3cccc(C(=O)[O-])c3)n2)c(N=Nc2cc(S(=O)(=O)CCOS(=O)(=O)[O-])ccc2SOO[O-])cc1SOO[O-].[ClH2+].[Na+].[Na+].[Na+].[Na+]. The Labute approximate surface area is 413 Å². The summed E-state index contributed by atoms with van der Waals surface area (Å²) in [6.07, 6.45) is 1.07. The Morgan fingerprint density at radius 1 is 0.927 bits per heavy atom. The van der Waals surface area contributed by atoms with Gasteiger partial charge in [0, 0.05) is 11.3 Å². The van der Waals surface area contributed by atoms with Crippen molar-refractivity contribution in [3.63, 3.8) is 0 Å². The Hall–Kier alpha value is -0.230. The van der Waals surface area contributed by atoms with E-state index in [1.807, 2.05) is 0 Å². The fraction of sp³-hybridized carbons (Fsp3) is 0.0870. The topological polar surface area (TPSA) is 329 Å². The van der Waals surface area contributed by atoms with Gasteiger partial charge in [0.2, 0.25) is 10.4 Å². The molecule has 0 spiro atoms. The van der Waals surface area contributed by atoms with Gasteiger partial charge in [-0.1, -0.05) is 0 Å². The maximum Gasteiger partial charge on any atom is 1.00 e. The number of halogens is 2. The molecule has 4 aromatic rings. The van der Waals surface area contributed by atoms with Gasteiger partial charge in [-0.05, 0) is 52.4 Å². The molecule has 0 aliphatic rings. The smallest absolute Gasteiger partial charge is 0.726 e. The summed E-state index contributed by atoms with van der Waals surface area (Å²) >= 11 is 0.654. The molecule has 0 saturated heterocycles. The molecule has 2 aromatic heterocycles. The van der Waals surface area contributed by atoms with Gasteiger partial charge in [-0.25, -0.2) is 21.4 Å². The first-order chi connectivity index (χ1) is 23.7. The van der Waals surface area contributed by atoms with Gasteiger partial charge in [0.1, 0.15) is 11.4 Å². The number of hydrogen-bond donors (Lipinski definition) is 2. The number of rotatable bonds is 17. The summed E-state index contributed by atoms with van der Waals surface area (Å²) in [6, 6.07) is 8.03. The van der Waals surface area contributed by atoms with Crippen molar-refractivity contribution in [2.45, 2.75) is 14.7 Å². The van der Waals surface area contributed by atoms with E-state index >= 15 is 0 Å². The Balaban J connectivity index is 0. The number of pyridine rings is 1. The minimum absolute atomic E-state index is 0. The van der Waals surface area contributed by atoms with Gasteiger partial charge >= 0.3 is 136 Å². The number of nitrogens with zero attached hydrogens (tertiary/aromatic N) is 6. The Kier molecular flexibility index (Phi) is 27.7. The van der Waals surface area contributed by atoms with Crippen LogP contribution in [0.2, 0.25) is 0 Å². The van der Waals surface area contributed by atoms with Crippen molar-refractivity contribution in [1.82, 2.24) is 15.0 Å². The second kappa shape index (κ2) is 26.8. The summed E-state index contributed by atoms with van der Waals surface area (Å²) < 4.78 is 85.9. The normalized spacial score (nSPS) is 10.9. The molecular formula is C23H18ClFN8Na4O14S4+2. The summed E-state index contributed by atoms with van der Waals surface area (Å²) in [7, 11) is -9.47. The second-order valence-corrected chi connectivity index (χ2v) is 13.5. The van der Waals surface area contributed by atoms with E-state index in [1.165, 1.54) is 30.5 Å². The Morgan fingerprint density at radius 2 is 1.56 bits per heavy atom. The van der Waals surface area contributed by atoms with E-state index in [-0.39, 0.29) is 175 Å². The molecule has 2 heterocycles. The van der Waals surface area contributed by atoms with E-state index < -0.39 is 55.5 Å². The number of hydrogen-bond acceptors (Lipinski definition) is 23. The minimum atomic E-state index is -5.18. The molecule has 4 rings (SSSR count).